The van der Waals surface area contributed by atoms with Crippen molar-refractivity contribution >= 4 is 43.6 Å². The van der Waals surface area contributed by atoms with Crippen LogP contribution in [0.4, 0.5) is 0 Å². The lowest BCUT2D eigenvalue weighted by molar-refractivity contribution is 0.660. The summed E-state index contributed by atoms with van der Waals surface area (Å²) < 4.78 is 6.42. The minimum atomic E-state index is -0.0853. The zero-order valence-corrected chi connectivity index (χ0v) is 33.0. The molecule has 282 valence electrons. The van der Waals surface area contributed by atoms with Crippen LogP contribution in [0, 0.1) is 0 Å². The van der Waals surface area contributed by atoms with Crippen molar-refractivity contribution in [3.8, 4) is 67.7 Å². The Morgan fingerprint density at radius 3 is 1.80 bits per heavy atom. The molecule has 0 amide bonds. The van der Waals surface area contributed by atoms with Crippen molar-refractivity contribution in [2.24, 2.45) is 0 Å². The summed E-state index contributed by atoms with van der Waals surface area (Å²) in [5.74, 6) is 1.90. The molecule has 5 nitrogen and oxygen atoms in total. The van der Waals surface area contributed by atoms with Gasteiger partial charge in [-0.05, 0) is 75.8 Å². The maximum Gasteiger partial charge on any atom is 0.164 e. The Kier molecular flexibility index (Phi) is 7.51. The van der Waals surface area contributed by atoms with Crippen molar-refractivity contribution in [1.29, 1.82) is 0 Å². The summed E-state index contributed by atoms with van der Waals surface area (Å²) in [5.41, 5.74) is 14.7. The van der Waals surface area contributed by atoms with Crippen molar-refractivity contribution in [2.45, 2.75) is 19.3 Å². The summed E-state index contributed by atoms with van der Waals surface area (Å²) in [6.07, 6.45) is 0. The third kappa shape index (κ3) is 5.33. The van der Waals surface area contributed by atoms with E-state index in [0.29, 0.717) is 17.5 Å². The SMILES string of the molecule is CC1(C)c2ccccc2-c2cc(-c3nc(-c4ccccc4)nc(-c4cccc(-c5ccc6nc(-c7ccccc7)c7ccc8oc9ccccc9c8c7c6c5)c4)n3)ccc21. The van der Waals surface area contributed by atoms with Crippen LogP contribution in [0.25, 0.3) is 111 Å². The smallest absolute Gasteiger partial charge is 0.164 e. The molecule has 0 unspecified atom stereocenters. The second-order valence-electron chi connectivity index (χ2n) is 16.2. The van der Waals surface area contributed by atoms with Gasteiger partial charge in [-0.25, -0.2) is 19.9 Å². The summed E-state index contributed by atoms with van der Waals surface area (Å²) in [6.45, 7) is 4.60. The standard InChI is InChI=1S/C55H36N4O/c1-55(2)44-22-11-9-20-39(44)42-32-38(24-27-45(42)55)54-58-52(34-16-7-4-8-17-34)57-53(59-54)37-19-13-18-35(30-37)36-25-28-46-43(31-36)49-41(51(56-46)33-14-5-3-6-15-33)26-29-48-50(49)40-21-10-12-23-47(40)60-48/h3-32H,1-2H3. The van der Waals surface area contributed by atoms with Gasteiger partial charge in [0.15, 0.2) is 17.5 Å². The number of hydrogen-bond acceptors (Lipinski definition) is 5. The van der Waals surface area contributed by atoms with Gasteiger partial charge in [0.25, 0.3) is 0 Å². The van der Waals surface area contributed by atoms with E-state index < -0.39 is 0 Å². The van der Waals surface area contributed by atoms with Crippen molar-refractivity contribution < 1.29 is 4.42 Å². The molecule has 0 aliphatic heterocycles. The summed E-state index contributed by atoms with van der Waals surface area (Å²) in [7, 11) is 0. The van der Waals surface area contributed by atoms with Crippen LogP contribution in [0.1, 0.15) is 25.0 Å². The van der Waals surface area contributed by atoms with Gasteiger partial charge in [-0.2, -0.15) is 0 Å². The molecule has 11 aromatic rings. The van der Waals surface area contributed by atoms with E-state index in [1.807, 2.05) is 36.4 Å². The summed E-state index contributed by atoms with van der Waals surface area (Å²) in [5, 5.41) is 5.48. The molecule has 0 radical (unpaired) electrons. The largest absolute Gasteiger partial charge is 0.456 e. The molecule has 12 rings (SSSR count). The third-order valence-corrected chi connectivity index (χ3v) is 12.3. The number of benzene rings is 8. The van der Waals surface area contributed by atoms with Crippen LogP contribution in [0.5, 0.6) is 0 Å². The van der Waals surface area contributed by atoms with Gasteiger partial charge in [0.2, 0.25) is 0 Å². The highest BCUT2D eigenvalue weighted by Gasteiger charge is 2.35. The number of hydrogen-bond donors (Lipinski definition) is 0. The maximum absolute atomic E-state index is 6.42. The molecule has 0 saturated carbocycles. The van der Waals surface area contributed by atoms with Crippen molar-refractivity contribution in [1.82, 2.24) is 19.9 Å². The molecule has 0 spiro atoms. The highest BCUT2D eigenvalue weighted by atomic mass is 16.3. The van der Waals surface area contributed by atoms with Crippen LogP contribution in [0.2, 0.25) is 0 Å². The van der Waals surface area contributed by atoms with E-state index in [0.717, 1.165) is 82.7 Å². The second-order valence-corrected chi connectivity index (χ2v) is 16.2. The average Bonchev–Trinajstić information content (AvgIpc) is 3.80. The van der Waals surface area contributed by atoms with Crippen LogP contribution in [-0.2, 0) is 5.41 Å². The van der Waals surface area contributed by atoms with Crippen LogP contribution >= 0.6 is 0 Å². The van der Waals surface area contributed by atoms with Crippen molar-refractivity contribution in [3.05, 3.63) is 193 Å². The van der Waals surface area contributed by atoms with Gasteiger partial charge in [-0.1, -0.05) is 153 Å². The van der Waals surface area contributed by atoms with E-state index in [4.69, 9.17) is 24.4 Å². The minimum absolute atomic E-state index is 0.0853. The fourth-order valence-electron chi connectivity index (χ4n) is 9.35. The number of para-hydroxylation sites is 1. The highest BCUT2D eigenvalue weighted by Crippen LogP contribution is 2.49. The summed E-state index contributed by atoms with van der Waals surface area (Å²) >= 11 is 0. The van der Waals surface area contributed by atoms with Crippen molar-refractivity contribution in [3.63, 3.8) is 0 Å². The van der Waals surface area contributed by atoms with Crippen molar-refractivity contribution in [2.75, 3.05) is 0 Å². The predicted octanol–water partition coefficient (Wildman–Crippen LogP) is 14.1. The molecule has 5 heteroatoms. The van der Waals surface area contributed by atoms with Gasteiger partial charge in [0.05, 0.1) is 11.2 Å². The fraction of sp³-hybridized carbons (Fsp3) is 0.0545. The molecule has 0 N–H and O–H groups in total. The first-order chi connectivity index (χ1) is 29.5. The quantitative estimate of drug-likeness (QED) is 0.163. The fourth-order valence-corrected chi connectivity index (χ4v) is 9.35. The number of aromatic nitrogens is 4. The Morgan fingerprint density at radius 2 is 0.983 bits per heavy atom. The molecule has 60 heavy (non-hydrogen) atoms. The molecule has 0 atom stereocenters. The Labute approximate surface area is 346 Å². The topological polar surface area (TPSA) is 64.7 Å². The molecule has 0 saturated heterocycles. The molecule has 3 heterocycles. The molecular formula is C55H36N4O. The van der Waals surface area contributed by atoms with E-state index >= 15 is 0 Å². The summed E-state index contributed by atoms with van der Waals surface area (Å²) in [6, 6.07) is 63.6. The Balaban J connectivity index is 1.03. The van der Waals surface area contributed by atoms with Gasteiger partial charge in [0, 0.05) is 54.6 Å². The molecule has 0 fully saturated rings. The average molecular weight is 769 g/mol. The number of fused-ring (bicyclic) bond motifs is 10. The van der Waals surface area contributed by atoms with Gasteiger partial charge >= 0.3 is 0 Å². The number of rotatable bonds is 5. The number of nitrogens with zero attached hydrogens (tertiary/aromatic N) is 4. The highest BCUT2D eigenvalue weighted by molar-refractivity contribution is 6.28. The molecule has 3 aromatic heterocycles. The lowest BCUT2D eigenvalue weighted by Crippen LogP contribution is -2.14. The maximum atomic E-state index is 6.42. The van der Waals surface area contributed by atoms with Gasteiger partial charge in [0.1, 0.15) is 11.2 Å². The number of pyridine rings is 1. The van der Waals surface area contributed by atoms with Crippen LogP contribution in [0.3, 0.4) is 0 Å². The van der Waals surface area contributed by atoms with Gasteiger partial charge in [-0.15, -0.1) is 0 Å². The lowest BCUT2D eigenvalue weighted by Gasteiger charge is -2.21. The summed E-state index contributed by atoms with van der Waals surface area (Å²) in [4.78, 5) is 20.7. The van der Waals surface area contributed by atoms with E-state index in [-0.39, 0.29) is 5.41 Å². The predicted molar refractivity (Wildman–Crippen MR) is 245 cm³/mol. The van der Waals surface area contributed by atoms with Gasteiger partial charge in [-0.3, -0.25) is 0 Å². The molecular weight excluding hydrogens is 733 g/mol. The normalized spacial score (nSPS) is 13.0. The first kappa shape index (κ1) is 34.3. The van der Waals surface area contributed by atoms with E-state index in [2.05, 4.69) is 159 Å². The molecule has 0 bridgehead atoms. The van der Waals surface area contributed by atoms with E-state index in [1.54, 1.807) is 0 Å². The van der Waals surface area contributed by atoms with Crippen LogP contribution in [0.15, 0.2) is 186 Å². The van der Waals surface area contributed by atoms with Crippen LogP contribution in [-0.4, -0.2) is 19.9 Å². The number of furan rings is 1. The van der Waals surface area contributed by atoms with E-state index in [9.17, 15) is 0 Å². The van der Waals surface area contributed by atoms with Gasteiger partial charge < -0.3 is 4.42 Å². The molecule has 8 aromatic carbocycles. The zero-order chi connectivity index (χ0) is 40.0. The third-order valence-electron chi connectivity index (χ3n) is 12.3. The first-order valence-corrected chi connectivity index (χ1v) is 20.4. The zero-order valence-electron chi connectivity index (χ0n) is 33.0. The molecule has 1 aliphatic rings. The first-order valence-electron chi connectivity index (χ1n) is 20.4. The molecule has 1 aliphatic carbocycles. The van der Waals surface area contributed by atoms with E-state index in [1.165, 1.54) is 22.3 Å². The Morgan fingerprint density at radius 1 is 0.367 bits per heavy atom. The Hall–Kier alpha value is -7.76. The lowest BCUT2D eigenvalue weighted by atomic mass is 9.82. The Bertz CT molecular complexity index is 3520. The second kappa shape index (κ2) is 13.1. The minimum Gasteiger partial charge on any atom is -0.456 e. The monoisotopic (exact) mass is 768 g/mol. The van der Waals surface area contributed by atoms with Crippen LogP contribution < -0.4 is 0 Å².